The van der Waals surface area contributed by atoms with E-state index in [0.29, 0.717) is 19.3 Å². The zero-order valence-electron chi connectivity index (χ0n) is 36.3. The van der Waals surface area contributed by atoms with Gasteiger partial charge in [-0.25, -0.2) is 0 Å². The van der Waals surface area contributed by atoms with Crippen LogP contribution < -0.4 is 0 Å². The summed E-state index contributed by atoms with van der Waals surface area (Å²) in [6, 6.07) is 0. The third-order valence-corrected chi connectivity index (χ3v) is 10.2. The van der Waals surface area contributed by atoms with Gasteiger partial charge in [0.2, 0.25) is 0 Å². The predicted octanol–water partition coefficient (Wildman–Crippen LogP) is 8.89. The van der Waals surface area contributed by atoms with Crippen molar-refractivity contribution in [3.8, 4) is 0 Å². The molecule has 0 aliphatic carbocycles. The standard InChI is InChI=1S/C47H76O12S/c1-3-5-7-9-11-13-15-17-19-20-22-23-25-27-29-31-33-35-42(48)56-37-40(38-57-47-46(52)45(51)44(50)41(59-47)39-60(53,54)55)58-43(49)36-34-32-30-28-26-24-21-18-16-14-12-10-8-6-4-2/h5,7,11,13-14,16-19,21-23,27,29,40-41,44-47,50-52H,3-4,6,8-10,12,15,20,24-26,28,30-39H2,1-2H3,(H,53,54,55)/b7-5+,13-11+,16-14+,19-17+,21-18+,23-22+,29-27+/t40-,41-,44-,45?,46?,47+/m1/s1. The van der Waals surface area contributed by atoms with Gasteiger partial charge < -0.3 is 34.3 Å². The molecule has 1 heterocycles. The lowest BCUT2D eigenvalue weighted by Gasteiger charge is -2.40. The second kappa shape index (κ2) is 36.5. The monoisotopic (exact) mass is 865 g/mol. The first kappa shape index (κ1) is 54.8. The summed E-state index contributed by atoms with van der Waals surface area (Å²) < 4.78 is 54.0. The van der Waals surface area contributed by atoms with Crippen LogP contribution in [0.4, 0.5) is 0 Å². The van der Waals surface area contributed by atoms with Crippen LogP contribution in [0, 0.1) is 0 Å². The molecule has 0 radical (unpaired) electrons. The number of hydrogen-bond donors (Lipinski definition) is 4. The fourth-order valence-corrected chi connectivity index (χ4v) is 6.74. The second-order valence-corrected chi connectivity index (χ2v) is 16.5. The number of allylic oxidation sites excluding steroid dienone is 14. The molecule has 0 aromatic heterocycles. The molecule has 0 aromatic carbocycles. The molecule has 0 amide bonds. The topological polar surface area (TPSA) is 186 Å². The summed E-state index contributed by atoms with van der Waals surface area (Å²) in [5.74, 6) is -2.09. The van der Waals surface area contributed by atoms with Crippen LogP contribution in [0.3, 0.4) is 0 Å². The van der Waals surface area contributed by atoms with Crippen molar-refractivity contribution in [3.63, 3.8) is 0 Å². The van der Waals surface area contributed by atoms with E-state index >= 15 is 0 Å². The Morgan fingerprint density at radius 3 is 1.70 bits per heavy atom. The van der Waals surface area contributed by atoms with Gasteiger partial charge in [0.25, 0.3) is 10.1 Å². The Kier molecular flexibility index (Phi) is 33.3. The van der Waals surface area contributed by atoms with Crippen LogP contribution in [0.5, 0.6) is 0 Å². The van der Waals surface area contributed by atoms with Gasteiger partial charge >= 0.3 is 11.9 Å². The maximum absolute atomic E-state index is 12.8. The quantitative estimate of drug-likeness (QED) is 0.0156. The first-order valence-corrected chi connectivity index (χ1v) is 23.8. The molecule has 13 heteroatoms. The molecule has 342 valence electrons. The van der Waals surface area contributed by atoms with Gasteiger partial charge in [-0.1, -0.05) is 137 Å². The molecule has 4 N–H and O–H groups in total. The van der Waals surface area contributed by atoms with Crippen molar-refractivity contribution in [2.24, 2.45) is 0 Å². The second-order valence-electron chi connectivity index (χ2n) is 15.0. The molecule has 0 bridgehead atoms. The Labute approximate surface area is 360 Å². The maximum atomic E-state index is 12.8. The van der Waals surface area contributed by atoms with Crippen LogP contribution in [-0.2, 0) is 38.7 Å². The summed E-state index contributed by atoms with van der Waals surface area (Å²) in [6.07, 6.45) is 37.7. The van der Waals surface area contributed by atoms with Crippen molar-refractivity contribution in [1.82, 2.24) is 0 Å². The lowest BCUT2D eigenvalue weighted by molar-refractivity contribution is -0.297. The zero-order chi connectivity index (χ0) is 44.1. The van der Waals surface area contributed by atoms with E-state index in [1.54, 1.807) is 0 Å². The molecule has 0 saturated carbocycles. The number of ether oxygens (including phenoxy) is 4. The van der Waals surface area contributed by atoms with E-state index in [-0.39, 0.29) is 19.4 Å². The van der Waals surface area contributed by atoms with Gasteiger partial charge in [0.15, 0.2) is 12.4 Å². The first-order valence-electron chi connectivity index (χ1n) is 22.2. The highest BCUT2D eigenvalue weighted by atomic mass is 32.2. The number of carbonyl (C=O) groups excluding carboxylic acids is 2. The van der Waals surface area contributed by atoms with Crippen LogP contribution in [0.1, 0.15) is 142 Å². The third-order valence-electron chi connectivity index (χ3n) is 9.49. The molecule has 1 rings (SSSR count). The predicted molar refractivity (Wildman–Crippen MR) is 238 cm³/mol. The Morgan fingerprint density at radius 1 is 0.600 bits per heavy atom. The molecule has 60 heavy (non-hydrogen) atoms. The smallest absolute Gasteiger partial charge is 0.306 e. The lowest BCUT2D eigenvalue weighted by Crippen LogP contribution is -2.60. The lowest BCUT2D eigenvalue weighted by atomic mass is 10.00. The van der Waals surface area contributed by atoms with Gasteiger partial charge in [-0.05, 0) is 77.0 Å². The van der Waals surface area contributed by atoms with Gasteiger partial charge in [0.05, 0.1) is 6.61 Å². The van der Waals surface area contributed by atoms with Gasteiger partial charge in [0.1, 0.15) is 36.8 Å². The Bertz CT molecular complexity index is 1430. The molecule has 1 aliphatic heterocycles. The summed E-state index contributed by atoms with van der Waals surface area (Å²) in [5, 5.41) is 30.9. The van der Waals surface area contributed by atoms with E-state index < -0.39 is 71.2 Å². The highest BCUT2D eigenvalue weighted by Crippen LogP contribution is 2.24. The van der Waals surface area contributed by atoms with E-state index in [9.17, 15) is 37.9 Å². The van der Waals surface area contributed by atoms with E-state index in [1.165, 1.54) is 25.7 Å². The normalized spacial score (nSPS) is 20.9. The fraction of sp³-hybridized carbons (Fsp3) is 0.660. The number of esters is 2. The highest BCUT2D eigenvalue weighted by Gasteiger charge is 2.46. The number of aliphatic hydroxyl groups excluding tert-OH is 3. The van der Waals surface area contributed by atoms with Crippen molar-refractivity contribution in [2.75, 3.05) is 19.0 Å². The fourth-order valence-electron chi connectivity index (χ4n) is 6.05. The Balaban J connectivity index is 2.52. The van der Waals surface area contributed by atoms with E-state index in [0.717, 1.165) is 70.6 Å². The third kappa shape index (κ3) is 30.8. The summed E-state index contributed by atoms with van der Waals surface area (Å²) >= 11 is 0. The molecule has 0 aromatic rings. The SMILES string of the molecule is CC/C=C/C/C=C/C/C=C/C/C=C/C/C=C/CCCC(=O)OC[C@H](CO[C@H]1O[C@H](CS(=O)(=O)O)[C@@H](O)C(O)C1O)OC(=O)CCCCCCC/C=C/C=C/CCCCCC. The number of hydrogen-bond acceptors (Lipinski definition) is 11. The Morgan fingerprint density at radius 2 is 1.12 bits per heavy atom. The van der Waals surface area contributed by atoms with Crippen molar-refractivity contribution < 1.29 is 56.8 Å². The maximum Gasteiger partial charge on any atom is 0.306 e. The van der Waals surface area contributed by atoms with Crippen molar-refractivity contribution in [3.05, 3.63) is 85.1 Å². The van der Waals surface area contributed by atoms with Crippen molar-refractivity contribution in [2.45, 2.75) is 179 Å². The minimum absolute atomic E-state index is 0.130. The van der Waals surface area contributed by atoms with Crippen LogP contribution in [0.2, 0.25) is 0 Å². The van der Waals surface area contributed by atoms with E-state index in [4.69, 9.17) is 18.9 Å². The summed E-state index contributed by atoms with van der Waals surface area (Å²) in [5.41, 5.74) is 0. The first-order chi connectivity index (χ1) is 29.0. The van der Waals surface area contributed by atoms with Gasteiger partial charge in [0, 0.05) is 12.8 Å². The minimum atomic E-state index is -4.61. The molecule has 12 nitrogen and oxygen atoms in total. The number of carbonyl (C=O) groups is 2. The molecule has 1 aliphatic rings. The van der Waals surface area contributed by atoms with Crippen LogP contribution in [0.15, 0.2) is 85.1 Å². The molecule has 0 spiro atoms. The highest BCUT2D eigenvalue weighted by molar-refractivity contribution is 7.85. The average Bonchev–Trinajstić information content (AvgIpc) is 3.21. The molecule has 1 saturated heterocycles. The molecule has 6 atom stereocenters. The number of aliphatic hydroxyl groups is 3. The number of unbranched alkanes of at least 4 members (excludes halogenated alkanes) is 10. The summed E-state index contributed by atoms with van der Waals surface area (Å²) in [6.45, 7) is 3.54. The van der Waals surface area contributed by atoms with Crippen LogP contribution >= 0.6 is 0 Å². The minimum Gasteiger partial charge on any atom is -0.462 e. The van der Waals surface area contributed by atoms with Crippen LogP contribution in [-0.4, -0.2) is 96.0 Å². The van der Waals surface area contributed by atoms with Gasteiger partial charge in [-0.15, -0.1) is 0 Å². The van der Waals surface area contributed by atoms with Crippen molar-refractivity contribution in [1.29, 1.82) is 0 Å². The number of rotatable bonds is 35. The van der Waals surface area contributed by atoms with E-state index in [1.807, 2.05) is 12.2 Å². The zero-order valence-corrected chi connectivity index (χ0v) is 37.1. The Hall–Kier alpha value is -3.17. The summed E-state index contributed by atoms with van der Waals surface area (Å²) in [4.78, 5) is 25.4. The molecular formula is C47H76O12S. The van der Waals surface area contributed by atoms with E-state index in [2.05, 4.69) is 86.8 Å². The summed E-state index contributed by atoms with van der Waals surface area (Å²) in [7, 11) is -4.61. The van der Waals surface area contributed by atoms with Gasteiger partial charge in [-0.2, -0.15) is 8.42 Å². The molecule has 2 unspecified atom stereocenters. The largest absolute Gasteiger partial charge is 0.462 e. The van der Waals surface area contributed by atoms with Crippen molar-refractivity contribution >= 4 is 22.1 Å². The average molecular weight is 865 g/mol. The molecule has 1 fully saturated rings. The van der Waals surface area contributed by atoms with Crippen LogP contribution in [0.25, 0.3) is 0 Å². The molecular weight excluding hydrogens is 789 g/mol. The van der Waals surface area contributed by atoms with Gasteiger partial charge in [-0.3, -0.25) is 14.1 Å².